The molecular formula is C19H20N4OS. The van der Waals surface area contributed by atoms with Crippen LogP contribution in [0.4, 0.5) is 5.69 Å². The molecule has 3 aromatic rings. The van der Waals surface area contributed by atoms with Crippen molar-refractivity contribution in [3.8, 4) is 11.4 Å². The lowest BCUT2D eigenvalue weighted by molar-refractivity contribution is -0.116. The Kier molecular flexibility index (Phi) is 5.09. The third-order valence-corrected chi connectivity index (χ3v) is 4.33. The molecule has 0 spiro atoms. The van der Waals surface area contributed by atoms with Gasteiger partial charge in [-0.25, -0.2) is 0 Å². The molecule has 2 aromatic carbocycles. The minimum atomic E-state index is -0.143. The van der Waals surface area contributed by atoms with E-state index < -0.39 is 0 Å². The van der Waals surface area contributed by atoms with Crippen molar-refractivity contribution in [3.05, 3.63) is 64.4 Å². The van der Waals surface area contributed by atoms with E-state index in [1.807, 2.05) is 55.5 Å². The van der Waals surface area contributed by atoms with E-state index in [4.69, 9.17) is 12.2 Å². The Morgan fingerprint density at radius 2 is 1.84 bits per heavy atom. The van der Waals surface area contributed by atoms with Gasteiger partial charge in [-0.2, -0.15) is 5.10 Å². The van der Waals surface area contributed by atoms with Crippen molar-refractivity contribution >= 4 is 23.8 Å². The number of anilines is 1. The summed E-state index contributed by atoms with van der Waals surface area (Å²) in [4.78, 5) is 12.4. The van der Waals surface area contributed by atoms with E-state index >= 15 is 0 Å². The number of benzene rings is 2. The standard InChI is InChI=1S/C19H20N4OS/c1-3-14-6-10-16(11-7-14)20-17(24)12-23-18(21-22-19(23)25)15-8-4-13(2)5-9-15/h4-11H,3,12H2,1-2H3,(H,20,24)(H,22,25). The van der Waals surface area contributed by atoms with Gasteiger partial charge in [-0.3, -0.25) is 14.5 Å². The summed E-state index contributed by atoms with van der Waals surface area (Å²) in [6.45, 7) is 4.23. The summed E-state index contributed by atoms with van der Waals surface area (Å²) in [6.07, 6.45) is 0.971. The zero-order chi connectivity index (χ0) is 17.8. The highest BCUT2D eigenvalue weighted by Crippen LogP contribution is 2.18. The molecule has 3 rings (SSSR count). The van der Waals surface area contributed by atoms with Gasteiger partial charge in [-0.05, 0) is 43.3 Å². The van der Waals surface area contributed by atoms with Crippen LogP contribution in [-0.4, -0.2) is 20.7 Å². The summed E-state index contributed by atoms with van der Waals surface area (Å²) in [6, 6.07) is 15.8. The Balaban J connectivity index is 1.78. The van der Waals surface area contributed by atoms with Gasteiger partial charge in [-0.1, -0.05) is 48.9 Å². The Bertz CT molecular complexity index is 923. The second-order valence-corrected chi connectivity index (χ2v) is 6.29. The molecule has 0 atom stereocenters. The molecule has 5 nitrogen and oxygen atoms in total. The van der Waals surface area contributed by atoms with Crippen LogP contribution in [0.25, 0.3) is 11.4 Å². The molecule has 0 bridgehead atoms. The molecule has 0 radical (unpaired) electrons. The number of hydrogen-bond acceptors (Lipinski definition) is 3. The highest BCUT2D eigenvalue weighted by molar-refractivity contribution is 7.71. The molecule has 0 saturated heterocycles. The quantitative estimate of drug-likeness (QED) is 0.679. The summed E-state index contributed by atoms with van der Waals surface area (Å²) >= 11 is 5.28. The van der Waals surface area contributed by atoms with Crippen molar-refractivity contribution in [3.63, 3.8) is 0 Å². The molecule has 1 aromatic heterocycles. The molecule has 128 valence electrons. The summed E-state index contributed by atoms with van der Waals surface area (Å²) in [5.74, 6) is 0.511. The molecule has 0 fully saturated rings. The summed E-state index contributed by atoms with van der Waals surface area (Å²) < 4.78 is 2.13. The van der Waals surface area contributed by atoms with Crippen LogP contribution in [0.2, 0.25) is 0 Å². The van der Waals surface area contributed by atoms with Crippen LogP contribution < -0.4 is 5.32 Å². The largest absolute Gasteiger partial charge is 0.325 e. The first kappa shape index (κ1) is 17.1. The van der Waals surface area contributed by atoms with Gasteiger partial charge in [0.2, 0.25) is 5.91 Å². The summed E-state index contributed by atoms with van der Waals surface area (Å²) in [7, 11) is 0. The number of amides is 1. The summed E-state index contributed by atoms with van der Waals surface area (Å²) in [5, 5.41) is 9.93. The number of aryl methyl sites for hydroxylation is 2. The van der Waals surface area contributed by atoms with Crippen molar-refractivity contribution in [2.24, 2.45) is 0 Å². The van der Waals surface area contributed by atoms with Crippen molar-refractivity contribution in [1.29, 1.82) is 0 Å². The first-order valence-corrected chi connectivity index (χ1v) is 8.58. The van der Waals surface area contributed by atoms with Crippen molar-refractivity contribution < 1.29 is 4.79 Å². The Hall–Kier alpha value is -2.73. The number of aromatic amines is 1. The summed E-state index contributed by atoms with van der Waals surface area (Å²) in [5.41, 5.74) is 4.08. The number of H-pyrrole nitrogens is 1. The number of carbonyl (C=O) groups is 1. The molecule has 1 heterocycles. The minimum Gasteiger partial charge on any atom is -0.325 e. The van der Waals surface area contributed by atoms with E-state index in [1.165, 1.54) is 5.56 Å². The number of nitrogens with zero attached hydrogens (tertiary/aromatic N) is 2. The molecule has 0 aliphatic carbocycles. The second-order valence-electron chi connectivity index (χ2n) is 5.90. The van der Waals surface area contributed by atoms with E-state index in [0.717, 1.165) is 23.2 Å². The third kappa shape index (κ3) is 4.03. The van der Waals surface area contributed by atoms with E-state index in [2.05, 4.69) is 22.4 Å². The minimum absolute atomic E-state index is 0.105. The monoisotopic (exact) mass is 352 g/mol. The van der Waals surface area contributed by atoms with Gasteiger partial charge in [0.05, 0.1) is 0 Å². The fourth-order valence-corrected chi connectivity index (χ4v) is 2.75. The van der Waals surface area contributed by atoms with Gasteiger partial charge in [-0.15, -0.1) is 0 Å². The fraction of sp³-hybridized carbons (Fsp3) is 0.211. The molecule has 1 amide bonds. The van der Waals surface area contributed by atoms with Crippen molar-refractivity contribution in [2.45, 2.75) is 26.8 Å². The van der Waals surface area contributed by atoms with Crippen LogP contribution in [0, 0.1) is 11.7 Å². The van der Waals surface area contributed by atoms with Crippen molar-refractivity contribution in [1.82, 2.24) is 14.8 Å². The van der Waals surface area contributed by atoms with E-state index in [-0.39, 0.29) is 12.5 Å². The van der Waals surface area contributed by atoms with E-state index in [0.29, 0.717) is 10.6 Å². The average Bonchev–Trinajstić information content (AvgIpc) is 2.97. The van der Waals surface area contributed by atoms with E-state index in [1.54, 1.807) is 4.57 Å². The van der Waals surface area contributed by atoms with Gasteiger partial charge < -0.3 is 5.32 Å². The maximum atomic E-state index is 12.4. The number of aromatic nitrogens is 3. The van der Waals surface area contributed by atoms with Gasteiger partial charge in [0.25, 0.3) is 0 Å². The number of carbonyl (C=O) groups excluding carboxylic acids is 1. The molecule has 2 N–H and O–H groups in total. The van der Waals surface area contributed by atoms with Crippen LogP contribution in [-0.2, 0) is 17.8 Å². The topological polar surface area (TPSA) is 62.7 Å². The Morgan fingerprint density at radius 1 is 1.16 bits per heavy atom. The second kappa shape index (κ2) is 7.44. The molecular weight excluding hydrogens is 332 g/mol. The van der Waals surface area contributed by atoms with E-state index in [9.17, 15) is 4.79 Å². The number of hydrogen-bond donors (Lipinski definition) is 2. The average molecular weight is 352 g/mol. The first-order chi connectivity index (χ1) is 12.1. The lowest BCUT2D eigenvalue weighted by atomic mass is 10.1. The molecule has 0 aliphatic heterocycles. The number of rotatable bonds is 5. The smallest absolute Gasteiger partial charge is 0.244 e. The maximum absolute atomic E-state index is 12.4. The normalized spacial score (nSPS) is 10.6. The van der Waals surface area contributed by atoms with Gasteiger partial charge in [0.1, 0.15) is 6.54 Å². The zero-order valence-corrected chi connectivity index (χ0v) is 15.1. The van der Waals surface area contributed by atoms with Gasteiger partial charge >= 0.3 is 0 Å². The van der Waals surface area contributed by atoms with Gasteiger partial charge in [0, 0.05) is 11.3 Å². The molecule has 6 heteroatoms. The van der Waals surface area contributed by atoms with Crippen LogP contribution >= 0.6 is 12.2 Å². The molecule has 0 unspecified atom stereocenters. The predicted octanol–water partition coefficient (Wildman–Crippen LogP) is 4.12. The number of nitrogens with one attached hydrogen (secondary N) is 2. The molecule has 0 aliphatic rings. The third-order valence-electron chi connectivity index (χ3n) is 4.02. The first-order valence-electron chi connectivity index (χ1n) is 8.18. The SMILES string of the molecule is CCc1ccc(NC(=O)Cn2c(-c3ccc(C)cc3)n[nH]c2=S)cc1. The lowest BCUT2D eigenvalue weighted by Crippen LogP contribution is -2.19. The fourth-order valence-electron chi connectivity index (χ4n) is 2.56. The molecule has 0 saturated carbocycles. The van der Waals surface area contributed by atoms with Crippen molar-refractivity contribution in [2.75, 3.05) is 5.32 Å². The Morgan fingerprint density at radius 3 is 2.48 bits per heavy atom. The van der Waals surface area contributed by atoms with Gasteiger partial charge in [0.15, 0.2) is 10.6 Å². The lowest BCUT2D eigenvalue weighted by Gasteiger charge is -2.09. The predicted molar refractivity (Wildman–Crippen MR) is 102 cm³/mol. The molecule has 25 heavy (non-hydrogen) atoms. The maximum Gasteiger partial charge on any atom is 0.244 e. The Labute approximate surface area is 151 Å². The highest BCUT2D eigenvalue weighted by atomic mass is 32.1. The zero-order valence-electron chi connectivity index (χ0n) is 14.2. The van der Waals surface area contributed by atoms with Crippen LogP contribution in [0.5, 0.6) is 0 Å². The van der Waals surface area contributed by atoms with Crippen LogP contribution in [0.3, 0.4) is 0 Å². The van der Waals surface area contributed by atoms with Crippen LogP contribution in [0.1, 0.15) is 18.1 Å². The highest BCUT2D eigenvalue weighted by Gasteiger charge is 2.12. The van der Waals surface area contributed by atoms with Crippen LogP contribution in [0.15, 0.2) is 48.5 Å².